The Balaban J connectivity index is 1.03. The van der Waals surface area contributed by atoms with E-state index in [1.807, 2.05) is 48.5 Å². The molecule has 0 fully saturated rings. The van der Waals surface area contributed by atoms with E-state index in [9.17, 15) is 0 Å². The first-order valence-corrected chi connectivity index (χ1v) is 25.2. The summed E-state index contributed by atoms with van der Waals surface area (Å²) in [5, 5.41) is 6.38. The predicted molar refractivity (Wildman–Crippen MR) is 307 cm³/mol. The van der Waals surface area contributed by atoms with Crippen molar-refractivity contribution in [3.05, 3.63) is 255 Å². The third-order valence-electron chi connectivity index (χ3n) is 14.7. The van der Waals surface area contributed by atoms with Gasteiger partial charge in [0.2, 0.25) is 0 Å². The van der Waals surface area contributed by atoms with E-state index in [0.717, 1.165) is 111 Å². The fourth-order valence-corrected chi connectivity index (χ4v) is 11.1. The Labute approximate surface area is 431 Å². The minimum Gasteiger partial charge on any atom is -0.456 e. The number of nitrogens with zero attached hydrogens (tertiary/aromatic N) is 4. The Morgan fingerprint density at radius 2 is 0.707 bits per heavy atom. The molecule has 0 spiro atoms. The molecule has 75 heavy (non-hydrogen) atoms. The van der Waals surface area contributed by atoms with Crippen LogP contribution in [-0.2, 0) is 0 Å². The summed E-state index contributed by atoms with van der Waals surface area (Å²) in [5.74, 6) is 1.60. The van der Waals surface area contributed by atoms with E-state index in [4.69, 9.17) is 23.8 Å². The zero-order valence-electron chi connectivity index (χ0n) is 40.4. The average molecular weight is 959 g/mol. The summed E-state index contributed by atoms with van der Waals surface area (Å²) in [6, 6.07) is 89.7. The molecule has 15 rings (SSSR count). The fraction of sp³-hybridized carbons (Fsp3) is 0. The monoisotopic (exact) mass is 958 g/mol. The maximum atomic E-state index is 6.45. The second-order valence-corrected chi connectivity index (χ2v) is 19.1. The van der Waals surface area contributed by atoms with Crippen LogP contribution in [0.4, 0.5) is 0 Å². The fourth-order valence-electron chi connectivity index (χ4n) is 11.1. The van der Waals surface area contributed by atoms with Crippen LogP contribution < -0.4 is 0 Å². The van der Waals surface area contributed by atoms with Gasteiger partial charge in [-0.3, -0.25) is 0 Å². The van der Waals surface area contributed by atoms with E-state index in [0.29, 0.717) is 17.5 Å². The summed E-state index contributed by atoms with van der Waals surface area (Å²) in [7, 11) is 0. The van der Waals surface area contributed by atoms with E-state index < -0.39 is 0 Å². The normalized spacial score (nSPS) is 11.7. The molecule has 0 amide bonds. The lowest BCUT2D eigenvalue weighted by atomic mass is 9.92. The second-order valence-electron chi connectivity index (χ2n) is 19.1. The minimum absolute atomic E-state index is 0.527. The molecule has 0 saturated heterocycles. The van der Waals surface area contributed by atoms with E-state index in [1.54, 1.807) is 0 Å². The number of para-hydroxylation sites is 2. The molecule has 0 saturated carbocycles. The van der Waals surface area contributed by atoms with Crippen molar-refractivity contribution in [3.8, 4) is 84.4 Å². The van der Waals surface area contributed by atoms with Crippen LogP contribution >= 0.6 is 0 Å². The zero-order valence-corrected chi connectivity index (χ0v) is 40.4. The molecular weight excluding hydrogens is 917 g/mol. The SMILES string of the molecule is c1ccc(-c2ccc3c(c2)c2cc(-c4ccccc4)ccc2n3-c2c(-c3ccccc3)cc(-c3nc(-c4ccc5c(c4)oc4ccccc45)nc(-c4cccc5oc6ccccc6c45)n3)cc2-c2ccccc2)cc1. The van der Waals surface area contributed by atoms with Crippen molar-refractivity contribution in [2.75, 3.05) is 0 Å². The highest BCUT2D eigenvalue weighted by Crippen LogP contribution is 2.46. The van der Waals surface area contributed by atoms with Gasteiger partial charge in [-0.15, -0.1) is 0 Å². The van der Waals surface area contributed by atoms with Gasteiger partial charge < -0.3 is 13.4 Å². The zero-order chi connectivity index (χ0) is 49.4. The Morgan fingerprint density at radius 3 is 1.31 bits per heavy atom. The van der Waals surface area contributed by atoms with Crippen molar-refractivity contribution in [1.82, 2.24) is 19.5 Å². The van der Waals surface area contributed by atoms with Crippen LogP contribution in [-0.4, -0.2) is 19.5 Å². The van der Waals surface area contributed by atoms with Crippen molar-refractivity contribution in [2.45, 2.75) is 0 Å². The number of aromatic nitrogens is 4. The van der Waals surface area contributed by atoms with E-state index in [1.165, 1.54) is 21.9 Å². The molecule has 6 nitrogen and oxygen atoms in total. The van der Waals surface area contributed by atoms with Gasteiger partial charge in [-0.25, -0.2) is 15.0 Å². The molecule has 0 atom stereocenters. The summed E-state index contributed by atoms with van der Waals surface area (Å²) in [6.45, 7) is 0. The Bertz CT molecular complexity index is 4530. The van der Waals surface area contributed by atoms with Crippen LogP contribution in [0.2, 0.25) is 0 Å². The minimum atomic E-state index is 0.527. The summed E-state index contributed by atoms with van der Waals surface area (Å²) in [4.78, 5) is 16.2. The molecule has 6 heteroatoms. The summed E-state index contributed by atoms with van der Waals surface area (Å²) >= 11 is 0. The van der Waals surface area contributed by atoms with E-state index in [-0.39, 0.29) is 0 Å². The quantitative estimate of drug-likeness (QED) is 0.152. The highest BCUT2D eigenvalue weighted by molar-refractivity contribution is 6.14. The summed E-state index contributed by atoms with van der Waals surface area (Å²) in [6.07, 6.45) is 0. The lowest BCUT2D eigenvalue weighted by molar-refractivity contribution is 0.668. The summed E-state index contributed by atoms with van der Waals surface area (Å²) < 4.78 is 15.4. The van der Waals surface area contributed by atoms with Gasteiger partial charge in [0.1, 0.15) is 22.3 Å². The smallest absolute Gasteiger partial charge is 0.164 e. The maximum absolute atomic E-state index is 6.45. The third kappa shape index (κ3) is 7.14. The molecule has 4 aromatic heterocycles. The van der Waals surface area contributed by atoms with Gasteiger partial charge in [-0.2, -0.15) is 0 Å². The Hall–Kier alpha value is -10.2. The van der Waals surface area contributed by atoms with Crippen molar-refractivity contribution < 1.29 is 8.83 Å². The molecule has 0 N–H and O–H groups in total. The average Bonchev–Trinajstić information content (AvgIpc) is 4.16. The van der Waals surface area contributed by atoms with Crippen LogP contribution in [0.5, 0.6) is 0 Å². The molecule has 15 aromatic rings. The van der Waals surface area contributed by atoms with Crippen LogP contribution in [0.1, 0.15) is 0 Å². The third-order valence-corrected chi connectivity index (χ3v) is 14.7. The first-order valence-electron chi connectivity index (χ1n) is 25.2. The van der Waals surface area contributed by atoms with Crippen LogP contribution in [0.3, 0.4) is 0 Å². The Kier molecular flexibility index (Phi) is 9.78. The van der Waals surface area contributed by atoms with Crippen molar-refractivity contribution in [1.29, 1.82) is 0 Å². The van der Waals surface area contributed by atoms with Crippen LogP contribution in [0.15, 0.2) is 264 Å². The first-order chi connectivity index (χ1) is 37.2. The molecule has 0 radical (unpaired) electrons. The van der Waals surface area contributed by atoms with Gasteiger partial charge in [-0.1, -0.05) is 188 Å². The molecule has 350 valence electrons. The molecule has 0 aliphatic heterocycles. The number of rotatable bonds is 8. The van der Waals surface area contributed by atoms with Crippen molar-refractivity contribution in [3.63, 3.8) is 0 Å². The lowest BCUT2D eigenvalue weighted by Gasteiger charge is -2.21. The van der Waals surface area contributed by atoms with Gasteiger partial charge >= 0.3 is 0 Å². The molecule has 4 heterocycles. The molecule has 0 unspecified atom stereocenters. The highest BCUT2D eigenvalue weighted by atomic mass is 16.3. The highest BCUT2D eigenvalue weighted by Gasteiger charge is 2.25. The molecule has 0 bridgehead atoms. The van der Waals surface area contributed by atoms with E-state index >= 15 is 0 Å². The number of hydrogen-bond donors (Lipinski definition) is 0. The number of fused-ring (bicyclic) bond motifs is 9. The van der Waals surface area contributed by atoms with Crippen molar-refractivity contribution in [2.24, 2.45) is 0 Å². The first kappa shape index (κ1) is 42.5. The maximum Gasteiger partial charge on any atom is 0.164 e. The predicted octanol–water partition coefficient (Wildman–Crippen LogP) is 18.4. The van der Waals surface area contributed by atoms with Crippen LogP contribution in [0, 0.1) is 0 Å². The molecule has 0 aliphatic rings. The Morgan fingerprint density at radius 1 is 0.253 bits per heavy atom. The van der Waals surface area contributed by atoms with Gasteiger partial charge in [0.05, 0.1) is 16.7 Å². The second kappa shape index (κ2) is 17.3. The molecule has 0 aliphatic carbocycles. The lowest BCUT2D eigenvalue weighted by Crippen LogP contribution is -2.04. The van der Waals surface area contributed by atoms with Crippen molar-refractivity contribution >= 4 is 65.7 Å². The van der Waals surface area contributed by atoms with Gasteiger partial charge in [0, 0.05) is 60.1 Å². The molecule has 11 aromatic carbocycles. The summed E-state index contributed by atoms with van der Waals surface area (Å²) in [5.41, 5.74) is 17.8. The number of benzene rings is 11. The molecular formula is C69H42N4O2. The largest absolute Gasteiger partial charge is 0.456 e. The van der Waals surface area contributed by atoms with Crippen LogP contribution in [0.25, 0.3) is 150 Å². The van der Waals surface area contributed by atoms with E-state index in [2.05, 4.69) is 211 Å². The van der Waals surface area contributed by atoms with Gasteiger partial charge in [-0.05, 0) is 100 Å². The number of furan rings is 2. The topological polar surface area (TPSA) is 69.9 Å². The standard InChI is InChI=1S/C69H42N4O2/c1-5-18-43(19-6-1)47-33-36-59-57(38-47)58-39-48(44-20-7-2-8-21-44)34-37-60(58)73(59)66-55(45-22-9-3-10-23-45)40-50(41-56(66)46-24-11-4-12-25-46)68-70-67(49-32-35-52-51-26-13-15-29-61(51)75-64(52)42-49)71-69(72-68)54-28-17-31-63-65(54)53-27-14-16-30-62(53)74-63/h1-42H. The number of hydrogen-bond acceptors (Lipinski definition) is 5. The van der Waals surface area contributed by atoms with Gasteiger partial charge in [0.25, 0.3) is 0 Å². The van der Waals surface area contributed by atoms with Gasteiger partial charge in [0.15, 0.2) is 17.5 Å².